The minimum atomic E-state index is -0.283. The summed E-state index contributed by atoms with van der Waals surface area (Å²) in [5.41, 5.74) is 7.21. The number of hydrogen-bond acceptors (Lipinski definition) is 6. The Morgan fingerprint density at radius 2 is 1.02 bits per heavy atom. The summed E-state index contributed by atoms with van der Waals surface area (Å²) in [5, 5.41) is 0. The van der Waals surface area contributed by atoms with Gasteiger partial charge in [-0.2, -0.15) is 0 Å². The normalized spacial score (nSPS) is 10.8. The van der Waals surface area contributed by atoms with Gasteiger partial charge in [-0.05, 0) is 89.5 Å². The fraction of sp³-hybridized carbons (Fsp3) is 0.128. The first-order chi connectivity index (χ1) is 23.1. The maximum Gasteiger partial charge on any atom is 0.361 e. The van der Waals surface area contributed by atoms with Crippen molar-refractivity contribution in [3.63, 3.8) is 0 Å². The third-order valence-electron chi connectivity index (χ3n) is 7.81. The Balaban J connectivity index is 1.08. The van der Waals surface area contributed by atoms with E-state index in [4.69, 9.17) is 18.8 Å². The number of nitrogens with zero attached hydrogens (tertiary/aromatic N) is 2. The average Bonchev–Trinajstić information content (AvgIpc) is 3.13. The van der Waals surface area contributed by atoms with E-state index in [1.165, 1.54) is 5.56 Å². The molecule has 6 rings (SSSR count). The van der Waals surface area contributed by atoms with Gasteiger partial charge in [-0.1, -0.05) is 85.2 Å². The summed E-state index contributed by atoms with van der Waals surface area (Å²) in [6.45, 7) is 5.08. The predicted molar refractivity (Wildman–Crippen MR) is 189 cm³/mol. The largest absolute Gasteiger partial charge is 0.489 e. The highest BCUT2D eigenvalue weighted by Crippen LogP contribution is 2.21. The van der Waals surface area contributed by atoms with E-state index in [0.29, 0.717) is 19.8 Å². The van der Waals surface area contributed by atoms with Gasteiger partial charge < -0.3 is 18.8 Å². The number of rotatable bonds is 14. The van der Waals surface area contributed by atoms with E-state index in [1.54, 1.807) is 12.4 Å². The van der Waals surface area contributed by atoms with Gasteiger partial charge in [-0.25, -0.2) is 0 Å². The Kier molecular flexibility index (Phi) is 10.8. The molecule has 2 heterocycles. The van der Waals surface area contributed by atoms with E-state index in [9.17, 15) is 0 Å². The molecule has 6 nitrogen and oxygen atoms in total. The fourth-order valence-electron chi connectivity index (χ4n) is 5.07. The smallest absolute Gasteiger partial charge is 0.361 e. The number of aromatic nitrogens is 2. The quantitative estimate of drug-likeness (QED) is 0.130. The van der Waals surface area contributed by atoms with Crippen LogP contribution in [-0.2, 0) is 29.1 Å². The van der Waals surface area contributed by atoms with Crippen molar-refractivity contribution >= 4 is 30.2 Å². The van der Waals surface area contributed by atoms with Crippen LogP contribution in [-0.4, -0.2) is 23.8 Å². The zero-order valence-electron chi connectivity index (χ0n) is 26.7. The van der Waals surface area contributed by atoms with Gasteiger partial charge in [-0.15, -0.1) is 0 Å². The highest BCUT2D eigenvalue weighted by molar-refractivity contribution is 6.80. The fourth-order valence-corrected chi connectivity index (χ4v) is 5.07. The van der Waals surface area contributed by atoms with E-state index in [-0.39, 0.29) is 13.8 Å². The summed E-state index contributed by atoms with van der Waals surface area (Å²) in [6.07, 6.45) is 3.56. The molecule has 6 aromatic rings. The summed E-state index contributed by atoms with van der Waals surface area (Å²) in [4.78, 5) is 8.76. The molecule has 0 saturated heterocycles. The molecule has 0 unspecified atom stereocenters. The average molecular weight is 618 g/mol. The first kappa shape index (κ1) is 31.8. The Labute approximate surface area is 277 Å². The lowest BCUT2D eigenvalue weighted by Crippen LogP contribution is -2.44. The topological polar surface area (TPSA) is 62.7 Å². The number of benzene rings is 4. The van der Waals surface area contributed by atoms with Crippen LogP contribution in [0.25, 0.3) is 0 Å². The minimum Gasteiger partial charge on any atom is -0.489 e. The second-order valence-electron chi connectivity index (χ2n) is 11.4. The molecular weight excluding hydrogens is 582 g/mol. The lowest BCUT2D eigenvalue weighted by atomic mass is 9.55. The molecule has 0 amide bonds. The van der Waals surface area contributed by atoms with Crippen LogP contribution < -0.4 is 25.9 Å². The van der Waals surface area contributed by atoms with E-state index in [0.717, 1.165) is 50.6 Å². The molecule has 0 N–H and O–H groups in total. The second kappa shape index (κ2) is 15.9. The van der Waals surface area contributed by atoms with Gasteiger partial charge in [0, 0.05) is 12.4 Å². The van der Waals surface area contributed by atoms with Gasteiger partial charge >= 0.3 is 13.8 Å². The van der Waals surface area contributed by atoms with E-state index in [2.05, 4.69) is 53.3 Å². The van der Waals surface area contributed by atoms with Crippen molar-refractivity contribution < 1.29 is 18.8 Å². The number of pyridine rings is 2. The Bertz CT molecular complexity index is 1810. The number of aryl methyl sites for hydroxylation is 1. The van der Waals surface area contributed by atoms with Crippen LogP contribution in [0.3, 0.4) is 0 Å². The van der Waals surface area contributed by atoms with Crippen LogP contribution in [0.5, 0.6) is 17.2 Å². The van der Waals surface area contributed by atoms with Crippen molar-refractivity contribution in [2.24, 2.45) is 0 Å². The monoisotopic (exact) mass is 618 g/mol. The van der Waals surface area contributed by atoms with E-state index in [1.807, 2.05) is 104 Å². The van der Waals surface area contributed by atoms with Gasteiger partial charge in [-0.3, -0.25) is 9.97 Å². The van der Waals surface area contributed by atoms with E-state index < -0.39 is 0 Å². The Morgan fingerprint density at radius 3 is 1.60 bits per heavy atom. The summed E-state index contributed by atoms with van der Waals surface area (Å²) >= 11 is 0. The summed E-state index contributed by atoms with van der Waals surface area (Å²) < 4.78 is 24.6. The number of ether oxygens (including phenoxy) is 2. The van der Waals surface area contributed by atoms with Crippen molar-refractivity contribution in [2.45, 2.75) is 33.6 Å². The van der Waals surface area contributed by atoms with Crippen LogP contribution in [0.1, 0.15) is 22.5 Å². The molecule has 0 fully saturated rings. The van der Waals surface area contributed by atoms with Crippen LogP contribution >= 0.6 is 0 Å². The second-order valence-corrected chi connectivity index (χ2v) is 11.4. The lowest BCUT2D eigenvalue weighted by Gasteiger charge is -2.17. The predicted octanol–water partition coefficient (Wildman–Crippen LogP) is 6.52. The third-order valence-corrected chi connectivity index (χ3v) is 7.81. The molecule has 232 valence electrons. The molecule has 47 heavy (non-hydrogen) atoms. The summed E-state index contributed by atoms with van der Waals surface area (Å²) in [7, 11) is 0. The standard InChI is InChI=1S/C39H36B2N2O4/c1-30-9-19-38(20-10-30)47-39-23-17-34(18-24-39)41(46-29-36-8-4-6-26-43-36)33-13-11-31(12-14-33)27-44-37-21-15-32(16-22-37)40(2)45-28-35-7-3-5-25-42-35/h3-26H,27-29H2,1-2H3. The van der Waals surface area contributed by atoms with Gasteiger partial charge in [0.1, 0.15) is 23.9 Å². The first-order valence-electron chi connectivity index (χ1n) is 15.8. The minimum absolute atomic E-state index is 0.0524. The molecule has 0 bridgehead atoms. The van der Waals surface area contributed by atoms with Crippen molar-refractivity contribution in [3.05, 3.63) is 168 Å². The van der Waals surface area contributed by atoms with Gasteiger partial charge in [0.2, 0.25) is 0 Å². The van der Waals surface area contributed by atoms with Crippen LogP contribution in [0, 0.1) is 6.92 Å². The van der Waals surface area contributed by atoms with Crippen LogP contribution in [0.4, 0.5) is 0 Å². The lowest BCUT2D eigenvalue weighted by molar-refractivity contribution is 0.306. The van der Waals surface area contributed by atoms with Gasteiger partial charge in [0.05, 0.1) is 24.6 Å². The molecule has 0 aliphatic carbocycles. The van der Waals surface area contributed by atoms with Gasteiger partial charge in [0.15, 0.2) is 0 Å². The molecule has 0 aliphatic rings. The highest BCUT2D eigenvalue weighted by atomic mass is 16.5. The molecule has 0 atom stereocenters. The number of hydrogen-bond donors (Lipinski definition) is 0. The zero-order chi connectivity index (χ0) is 32.3. The SMILES string of the molecule is CB(OCc1ccccn1)c1ccc(OCc2ccc(B(OCc3ccccn3)c3ccc(Oc4ccc(C)cc4)cc3)cc2)cc1. The van der Waals surface area contributed by atoms with Crippen molar-refractivity contribution in [3.8, 4) is 17.2 Å². The van der Waals surface area contributed by atoms with Gasteiger partial charge in [0.25, 0.3) is 0 Å². The Morgan fingerprint density at radius 1 is 0.511 bits per heavy atom. The molecule has 0 saturated carbocycles. The molecule has 8 heteroatoms. The van der Waals surface area contributed by atoms with Crippen LogP contribution in [0.2, 0.25) is 6.82 Å². The molecule has 4 aromatic carbocycles. The molecule has 0 radical (unpaired) electrons. The molecular formula is C39H36B2N2O4. The van der Waals surface area contributed by atoms with Crippen molar-refractivity contribution in [1.29, 1.82) is 0 Å². The van der Waals surface area contributed by atoms with Crippen molar-refractivity contribution in [2.75, 3.05) is 0 Å². The molecule has 0 spiro atoms. The summed E-state index contributed by atoms with van der Waals surface area (Å²) in [5.74, 6) is 2.38. The third kappa shape index (κ3) is 9.19. The first-order valence-corrected chi connectivity index (χ1v) is 15.8. The molecule has 0 aliphatic heterocycles. The summed E-state index contributed by atoms with van der Waals surface area (Å²) in [6, 6.07) is 44.2. The van der Waals surface area contributed by atoms with Crippen molar-refractivity contribution in [1.82, 2.24) is 9.97 Å². The maximum atomic E-state index is 6.47. The molecule has 2 aromatic heterocycles. The van der Waals surface area contributed by atoms with Crippen LogP contribution in [0.15, 0.2) is 146 Å². The Hall–Kier alpha value is -5.17. The zero-order valence-corrected chi connectivity index (χ0v) is 26.7. The van der Waals surface area contributed by atoms with E-state index >= 15 is 0 Å². The highest BCUT2D eigenvalue weighted by Gasteiger charge is 2.22. The maximum absolute atomic E-state index is 6.47.